The van der Waals surface area contributed by atoms with Crippen LogP contribution in [0.4, 0.5) is 20.3 Å². The summed E-state index contributed by atoms with van der Waals surface area (Å²) in [6.07, 6.45) is 2.03. The van der Waals surface area contributed by atoms with E-state index in [0.29, 0.717) is 11.6 Å². The molecule has 1 amide bonds. The number of aromatic nitrogens is 2. The molecule has 0 radical (unpaired) electrons. The Labute approximate surface area is 133 Å². The van der Waals surface area contributed by atoms with Gasteiger partial charge in [0.05, 0.1) is 0 Å². The molecule has 1 aromatic heterocycles. The monoisotopic (exact) mass is 320 g/mol. The Morgan fingerprint density at radius 2 is 1.96 bits per heavy atom. The molecule has 0 aliphatic heterocycles. The summed E-state index contributed by atoms with van der Waals surface area (Å²) < 4.78 is 26.1. The van der Waals surface area contributed by atoms with Crippen molar-refractivity contribution >= 4 is 17.4 Å². The molecule has 1 aromatic carbocycles. The van der Waals surface area contributed by atoms with Gasteiger partial charge in [-0.3, -0.25) is 4.79 Å². The number of nitrogens with zero attached hydrogens (tertiary/aromatic N) is 2. The van der Waals surface area contributed by atoms with Crippen LogP contribution in [0.2, 0.25) is 0 Å². The number of carbonyl (C=O) groups is 1. The average molecular weight is 320 g/mol. The van der Waals surface area contributed by atoms with Crippen molar-refractivity contribution in [3.8, 4) is 0 Å². The lowest BCUT2D eigenvalue weighted by molar-refractivity contribution is 0.102. The largest absolute Gasteiger partial charge is 0.370 e. The minimum atomic E-state index is -1.02. The third kappa shape index (κ3) is 4.70. The number of hydrogen-bond acceptors (Lipinski definition) is 4. The number of anilines is 2. The molecular formula is C16H18F2N4O. The molecule has 0 atom stereocenters. The molecule has 2 rings (SSSR count). The van der Waals surface area contributed by atoms with E-state index in [-0.39, 0.29) is 11.4 Å². The smallest absolute Gasteiger partial charge is 0.274 e. The summed E-state index contributed by atoms with van der Waals surface area (Å²) in [4.78, 5) is 20.5. The van der Waals surface area contributed by atoms with Crippen molar-refractivity contribution in [2.75, 3.05) is 17.2 Å². The van der Waals surface area contributed by atoms with E-state index >= 15 is 0 Å². The van der Waals surface area contributed by atoms with Crippen LogP contribution in [-0.2, 0) is 0 Å². The average Bonchev–Trinajstić information content (AvgIpc) is 2.51. The van der Waals surface area contributed by atoms with Gasteiger partial charge in [0.15, 0.2) is 11.6 Å². The highest BCUT2D eigenvalue weighted by atomic mass is 19.2. The maximum Gasteiger partial charge on any atom is 0.274 e. The van der Waals surface area contributed by atoms with Crippen molar-refractivity contribution in [1.29, 1.82) is 0 Å². The van der Waals surface area contributed by atoms with Crippen molar-refractivity contribution < 1.29 is 13.6 Å². The normalized spacial score (nSPS) is 10.4. The number of hydrogen-bond donors (Lipinski definition) is 2. The van der Waals surface area contributed by atoms with Gasteiger partial charge in [0.25, 0.3) is 5.91 Å². The fourth-order valence-corrected chi connectivity index (χ4v) is 1.94. The zero-order chi connectivity index (χ0) is 16.8. The van der Waals surface area contributed by atoms with Crippen LogP contribution in [0.3, 0.4) is 0 Å². The van der Waals surface area contributed by atoms with Crippen LogP contribution in [0.25, 0.3) is 0 Å². The van der Waals surface area contributed by atoms with Gasteiger partial charge >= 0.3 is 0 Å². The van der Waals surface area contributed by atoms with Crippen LogP contribution in [0, 0.1) is 18.6 Å². The molecule has 122 valence electrons. The zero-order valence-corrected chi connectivity index (χ0v) is 13.0. The van der Waals surface area contributed by atoms with E-state index in [2.05, 4.69) is 27.5 Å². The summed E-state index contributed by atoms with van der Waals surface area (Å²) in [5.41, 5.74) is 0.312. The highest BCUT2D eigenvalue weighted by Gasteiger charge is 2.12. The molecule has 0 fully saturated rings. The maximum atomic E-state index is 13.2. The fraction of sp³-hybridized carbons (Fsp3) is 0.312. The molecule has 0 saturated carbocycles. The van der Waals surface area contributed by atoms with E-state index in [0.717, 1.165) is 31.5 Å². The first-order valence-corrected chi connectivity index (χ1v) is 7.35. The molecule has 0 saturated heterocycles. The van der Waals surface area contributed by atoms with Gasteiger partial charge in [-0.25, -0.2) is 18.7 Å². The second kappa shape index (κ2) is 7.62. The molecule has 2 N–H and O–H groups in total. The highest BCUT2D eigenvalue weighted by molar-refractivity contribution is 6.03. The third-order valence-corrected chi connectivity index (χ3v) is 3.08. The van der Waals surface area contributed by atoms with Gasteiger partial charge in [-0.1, -0.05) is 13.3 Å². The van der Waals surface area contributed by atoms with Crippen LogP contribution in [-0.4, -0.2) is 22.4 Å². The lowest BCUT2D eigenvalue weighted by Crippen LogP contribution is -2.16. The maximum absolute atomic E-state index is 13.2. The minimum Gasteiger partial charge on any atom is -0.370 e. The van der Waals surface area contributed by atoms with E-state index in [1.54, 1.807) is 6.92 Å². The Kier molecular flexibility index (Phi) is 5.56. The first kappa shape index (κ1) is 16.8. The Morgan fingerprint density at radius 1 is 1.17 bits per heavy atom. The van der Waals surface area contributed by atoms with Crippen molar-refractivity contribution in [1.82, 2.24) is 9.97 Å². The number of amides is 1. The highest BCUT2D eigenvalue weighted by Crippen LogP contribution is 2.15. The number of halogens is 2. The molecule has 1 heterocycles. The van der Waals surface area contributed by atoms with Gasteiger partial charge in [0.1, 0.15) is 17.3 Å². The molecule has 0 bridgehead atoms. The molecule has 7 heteroatoms. The quantitative estimate of drug-likeness (QED) is 0.799. The van der Waals surface area contributed by atoms with E-state index in [9.17, 15) is 13.6 Å². The predicted molar refractivity (Wildman–Crippen MR) is 84.5 cm³/mol. The Bertz CT molecular complexity index is 706. The number of rotatable bonds is 6. The summed E-state index contributed by atoms with van der Waals surface area (Å²) in [7, 11) is 0. The van der Waals surface area contributed by atoms with E-state index in [4.69, 9.17) is 0 Å². The first-order valence-electron chi connectivity index (χ1n) is 7.35. The van der Waals surface area contributed by atoms with Gasteiger partial charge in [-0.2, -0.15) is 0 Å². The molecule has 2 aromatic rings. The van der Waals surface area contributed by atoms with Crippen LogP contribution in [0.5, 0.6) is 0 Å². The van der Waals surface area contributed by atoms with Crippen molar-refractivity contribution in [2.24, 2.45) is 0 Å². The number of carbonyl (C=O) groups excluding carboxylic acids is 1. The van der Waals surface area contributed by atoms with Crippen LogP contribution >= 0.6 is 0 Å². The van der Waals surface area contributed by atoms with Gasteiger partial charge in [0.2, 0.25) is 0 Å². The van der Waals surface area contributed by atoms with Crippen LogP contribution < -0.4 is 10.6 Å². The number of aryl methyl sites for hydroxylation is 1. The Balaban J connectivity index is 2.13. The third-order valence-electron chi connectivity index (χ3n) is 3.08. The molecule has 0 aliphatic carbocycles. The number of nitrogens with one attached hydrogen (secondary N) is 2. The van der Waals surface area contributed by atoms with Crippen LogP contribution in [0.1, 0.15) is 36.1 Å². The number of unbranched alkanes of at least 4 members (excludes halogenated alkanes) is 1. The van der Waals surface area contributed by atoms with E-state index in [1.807, 2.05) is 0 Å². The molecule has 0 unspecified atom stereocenters. The summed E-state index contributed by atoms with van der Waals surface area (Å²) >= 11 is 0. The number of benzene rings is 1. The summed E-state index contributed by atoms with van der Waals surface area (Å²) in [6.45, 7) is 4.50. The van der Waals surface area contributed by atoms with Crippen molar-refractivity contribution in [3.05, 3.63) is 47.4 Å². The second-order valence-corrected chi connectivity index (χ2v) is 5.05. The lowest BCUT2D eigenvalue weighted by Gasteiger charge is -2.09. The fourth-order valence-electron chi connectivity index (χ4n) is 1.94. The van der Waals surface area contributed by atoms with Gasteiger partial charge < -0.3 is 10.6 Å². The molecule has 0 aliphatic rings. The first-order chi connectivity index (χ1) is 11.0. The van der Waals surface area contributed by atoms with E-state index < -0.39 is 17.5 Å². The van der Waals surface area contributed by atoms with E-state index in [1.165, 1.54) is 12.1 Å². The molecule has 5 nitrogen and oxygen atoms in total. The summed E-state index contributed by atoms with van der Waals surface area (Å²) in [5, 5.41) is 5.61. The Hall–Kier alpha value is -2.57. The van der Waals surface area contributed by atoms with Crippen molar-refractivity contribution in [2.45, 2.75) is 26.7 Å². The van der Waals surface area contributed by atoms with Gasteiger partial charge in [-0.05, 0) is 25.5 Å². The zero-order valence-electron chi connectivity index (χ0n) is 13.0. The summed E-state index contributed by atoms with van der Waals surface area (Å²) in [6, 6.07) is 4.68. The van der Waals surface area contributed by atoms with Gasteiger partial charge in [0, 0.05) is 24.4 Å². The SMILES string of the molecule is CCCCNc1cc(C(=O)Nc2ccc(F)c(F)c2)nc(C)n1. The predicted octanol–water partition coefficient (Wildman–Crippen LogP) is 3.53. The lowest BCUT2D eigenvalue weighted by atomic mass is 10.2. The Morgan fingerprint density at radius 3 is 2.65 bits per heavy atom. The molecule has 23 heavy (non-hydrogen) atoms. The minimum absolute atomic E-state index is 0.154. The van der Waals surface area contributed by atoms with Crippen LogP contribution in [0.15, 0.2) is 24.3 Å². The van der Waals surface area contributed by atoms with Gasteiger partial charge in [-0.15, -0.1) is 0 Å². The van der Waals surface area contributed by atoms with Crippen molar-refractivity contribution in [3.63, 3.8) is 0 Å². The summed E-state index contributed by atoms with van der Waals surface area (Å²) in [5.74, 6) is -1.50. The molecule has 0 spiro atoms. The standard InChI is InChI=1S/C16H18F2N4O/c1-3-4-7-19-15-9-14(20-10(2)21-15)16(23)22-11-5-6-12(17)13(18)8-11/h5-6,8-9H,3-4,7H2,1-2H3,(H,22,23)(H,19,20,21). The molecular weight excluding hydrogens is 302 g/mol. The topological polar surface area (TPSA) is 66.9 Å². The second-order valence-electron chi connectivity index (χ2n) is 5.05.